The second kappa shape index (κ2) is 6.17. The van der Waals surface area contributed by atoms with E-state index in [0.717, 1.165) is 5.56 Å². The molecule has 0 aromatic carbocycles. The minimum absolute atomic E-state index is 0.111. The number of hydrogen-bond donors (Lipinski definition) is 2. The standard InChI is InChI=1S/C13H18N2O4/c1-13(2,3)19-12(18)15-8-9-4-5-10(14-7-9)6-11(16)17/h4-5,7H,6,8H2,1-3H3,(H,15,18)(H,16,17). The Morgan fingerprint density at radius 3 is 2.53 bits per heavy atom. The molecule has 2 N–H and O–H groups in total. The van der Waals surface area contributed by atoms with Crippen LogP contribution in [0.2, 0.25) is 0 Å². The maximum Gasteiger partial charge on any atom is 0.407 e. The monoisotopic (exact) mass is 266 g/mol. The number of pyridine rings is 1. The van der Waals surface area contributed by atoms with Gasteiger partial charge < -0.3 is 15.2 Å². The minimum atomic E-state index is -0.924. The van der Waals surface area contributed by atoms with Crippen LogP contribution in [0, 0.1) is 0 Å². The largest absolute Gasteiger partial charge is 0.481 e. The average Bonchev–Trinajstić information content (AvgIpc) is 2.25. The molecule has 0 radical (unpaired) electrons. The van der Waals surface area contributed by atoms with E-state index in [9.17, 15) is 9.59 Å². The summed E-state index contributed by atoms with van der Waals surface area (Å²) in [6.07, 6.45) is 0.928. The lowest BCUT2D eigenvalue weighted by atomic mass is 10.2. The van der Waals surface area contributed by atoms with Crippen molar-refractivity contribution < 1.29 is 19.4 Å². The van der Waals surface area contributed by atoms with Gasteiger partial charge in [0.25, 0.3) is 0 Å². The number of aromatic nitrogens is 1. The third-order valence-electron chi connectivity index (χ3n) is 2.05. The fourth-order valence-electron chi connectivity index (χ4n) is 1.31. The Bertz CT molecular complexity index is 449. The van der Waals surface area contributed by atoms with Crippen molar-refractivity contribution in [1.29, 1.82) is 0 Å². The van der Waals surface area contributed by atoms with Crippen LogP contribution in [-0.2, 0) is 22.5 Å². The fourth-order valence-corrected chi connectivity index (χ4v) is 1.31. The van der Waals surface area contributed by atoms with Gasteiger partial charge in [0.1, 0.15) is 5.60 Å². The van der Waals surface area contributed by atoms with Gasteiger partial charge in [-0.15, -0.1) is 0 Å². The van der Waals surface area contributed by atoms with Crippen LogP contribution in [0.25, 0.3) is 0 Å². The molecular formula is C13H18N2O4. The van der Waals surface area contributed by atoms with Gasteiger partial charge in [0.2, 0.25) is 0 Å². The summed E-state index contributed by atoms with van der Waals surface area (Å²) in [5.41, 5.74) is 0.724. The van der Waals surface area contributed by atoms with Crippen LogP contribution in [0.5, 0.6) is 0 Å². The SMILES string of the molecule is CC(C)(C)OC(=O)NCc1ccc(CC(=O)O)nc1. The van der Waals surface area contributed by atoms with Gasteiger partial charge in [0.05, 0.1) is 12.1 Å². The van der Waals surface area contributed by atoms with Crippen LogP contribution in [0.4, 0.5) is 4.79 Å². The van der Waals surface area contributed by atoms with E-state index >= 15 is 0 Å². The third-order valence-corrected chi connectivity index (χ3v) is 2.05. The highest BCUT2D eigenvalue weighted by atomic mass is 16.6. The van der Waals surface area contributed by atoms with Gasteiger partial charge >= 0.3 is 12.1 Å². The molecule has 0 atom stereocenters. The van der Waals surface area contributed by atoms with E-state index in [2.05, 4.69) is 10.3 Å². The Morgan fingerprint density at radius 1 is 1.37 bits per heavy atom. The van der Waals surface area contributed by atoms with Crippen molar-refractivity contribution in [1.82, 2.24) is 10.3 Å². The van der Waals surface area contributed by atoms with E-state index in [1.54, 1.807) is 32.9 Å². The number of nitrogens with zero attached hydrogens (tertiary/aromatic N) is 1. The van der Waals surface area contributed by atoms with Gasteiger partial charge in [0, 0.05) is 12.7 Å². The molecule has 0 unspecified atom stereocenters. The highest BCUT2D eigenvalue weighted by molar-refractivity contribution is 5.69. The smallest absolute Gasteiger partial charge is 0.407 e. The zero-order valence-electron chi connectivity index (χ0n) is 11.3. The molecule has 1 aromatic rings. The topological polar surface area (TPSA) is 88.5 Å². The number of carboxylic acids is 1. The molecule has 104 valence electrons. The summed E-state index contributed by atoms with van der Waals surface area (Å²) >= 11 is 0. The number of nitrogens with one attached hydrogen (secondary N) is 1. The molecule has 1 aromatic heterocycles. The number of carbonyl (C=O) groups is 2. The molecule has 0 fully saturated rings. The Balaban J connectivity index is 2.46. The number of carboxylic acid groups (broad SMARTS) is 1. The minimum Gasteiger partial charge on any atom is -0.481 e. The molecular weight excluding hydrogens is 248 g/mol. The Morgan fingerprint density at radius 2 is 2.05 bits per heavy atom. The van der Waals surface area contributed by atoms with E-state index < -0.39 is 17.7 Å². The summed E-state index contributed by atoms with van der Waals surface area (Å²) in [6, 6.07) is 3.35. The van der Waals surface area contributed by atoms with Crippen LogP contribution in [0.1, 0.15) is 32.0 Å². The molecule has 0 aliphatic carbocycles. The maximum absolute atomic E-state index is 11.4. The molecule has 0 aliphatic heterocycles. The second-order valence-electron chi connectivity index (χ2n) is 5.08. The van der Waals surface area contributed by atoms with Gasteiger partial charge in [0.15, 0.2) is 0 Å². The summed E-state index contributed by atoms with van der Waals surface area (Å²) in [7, 11) is 0. The number of alkyl carbamates (subject to hydrolysis) is 1. The molecule has 0 aliphatic rings. The highest BCUT2D eigenvalue weighted by Gasteiger charge is 2.15. The zero-order chi connectivity index (χ0) is 14.5. The van der Waals surface area contributed by atoms with Crippen molar-refractivity contribution in [2.24, 2.45) is 0 Å². The van der Waals surface area contributed by atoms with Crippen LogP contribution in [0.15, 0.2) is 18.3 Å². The normalized spacial score (nSPS) is 10.9. The molecule has 6 nitrogen and oxygen atoms in total. The number of hydrogen-bond acceptors (Lipinski definition) is 4. The number of ether oxygens (including phenoxy) is 1. The van der Waals surface area contributed by atoms with Crippen LogP contribution >= 0.6 is 0 Å². The van der Waals surface area contributed by atoms with Gasteiger partial charge in [-0.25, -0.2) is 4.79 Å². The fraction of sp³-hybridized carbons (Fsp3) is 0.462. The summed E-state index contributed by atoms with van der Waals surface area (Å²) in [5.74, 6) is -0.924. The lowest BCUT2D eigenvalue weighted by Crippen LogP contribution is -2.32. The quantitative estimate of drug-likeness (QED) is 0.866. The van der Waals surface area contributed by atoms with Crippen molar-refractivity contribution in [3.05, 3.63) is 29.6 Å². The first-order valence-corrected chi connectivity index (χ1v) is 5.89. The van der Waals surface area contributed by atoms with Gasteiger partial charge in [-0.1, -0.05) is 6.07 Å². The molecule has 1 rings (SSSR count). The molecule has 1 amide bonds. The number of rotatable bonds is 4. The van der Waals surface area contributed by atoms with E-state index in [1.807, 2.05) is 0 Å². The lowest BCUT2D eigenvalue weighted by molar-refractivity contribution is -0.136. The summed E-state index contributed by atoms with van der Waals surface area (Å²) in [5, 5.41) is 11.2. The van der Waals surface area contributed by atoms with Crippen molar-refractivity contribution in [2.45, 2.75) is 39.3 Å². The Labute approximate surface area is 111 Å². The molecule has 1 heterocycles. The molecule has 0 saturated carbocycles. The van der Waals surface area contributed by atoms with Crippen molar-refractivity contribution in [3.63, 3.8) is 0 Å². The lowest BCUT2D eigenvalue weighted by Gasteiger charge is -2.19. The van der Waals surface area contributed by atoms with Crippen LogP contribution in [-0.4, -0.2) is 27.8 Å². The predicted molar refractivity (Wildman–Crippen MR) is 68.7 cm³/mol. The highest BCUT2D eigenvalue weighted by Crippen LogP contribution is 2.07. The zero-order valence-corrected chi connectivity index (χ0v) is 11.3. The van der Waals surface area contributed by atoms with E-state index in [0.29, 0.717) is 5.69 Å². The van der Waals surface area contributed by atoms with Gasteiger partial charge in [-0.3, -0.25) is 9.78 Å². The number of carbonyl (C=O) groups excluding carboxylic acids is 1. The van der Waals surface area contributed by atoms with E-state index in [-0.39, 0.29) is 13.0 Å². The summed E-state index contributed by atoms with van der Waals surface area (Å²) < 4.78 is 5.09. The Hall–Kier alpha value is -2.11. The van der Waals surface area contributed by atoms with E-state index in [4.69, 9.17) is 9.84 Å². The third kappa shape index (κ3) is 6.40. The molecule has 6 heteroatoms. The van der Waals surface area contributed by atoms with Crippen molar-refractivity contribution in [2.75, 3.05) is 0 Å². The van der Waals surface area contributed by atoms with Gasteiger partial charge in [-0.05, 0) is 32.4 Å². The van der Waals surface area contributed by atoms with Crippen molar-refractivity contribution >= 4 is 12.1 Å². The molecule has 0 bridgehead atoms. The van der Waals surface area contributed by atoms with Crippen LogP contribution < -0.4 is 5.32 Å². The first kappa shape index (κ1) is 14.9. The number of aliphatic carboxylic acids is 1. The molecule has 0 spiro atoms. The maximum atomic E-state index is 11.4. The average molecular weight is 266 g/mol. The first-order valence-electron chi connectivity index (χ1n) is 5.89. The number of amides is 1. The van der Waals surface area contributed by atoms with E-state index in [1.165, 1.54) is 6.20 Å². The predicted octanol–water partition coefficient (Wildman–Crippen LogP) is 1.73. The van der Waals surface area contributed by atoms with Crippen molar-refractivity contribution in [3.8, 4) is 0 Å². The van der Waals surface area contributed by atoms with Crippen LogP contribution in [0.3, 0.4) is 0 Å². The first-order chi connectivity index (χ1) is 8.76. The molecule has 0 saturated heterocycles. The summed E-state index contributed by atoms with van der Waals surface area (Å²) in [4.78, 5) is 25.9. The molecule has 19 heavy (non-hydrogen) atoms. The Kier molecular flexibility index (Phi) is 4.86. The van der Waals surface area contributed by atoms with Gasteiger partial charge in [-0.2, -0.15) is 0 Å². The summed E-state index contributed by atoms with van der Waals surface area (Å²) in [6.45, 7) is 5.65. The second-order valence-corrected chi connectivity index (χ2v) is 5.08.